The molecule has 0 bridgehead atoms. The van der Waals surface area contributed by atoms with Gasteiger partial charge in [0.05, 0.1) is 23.4 Å². The second-order valence-corrected chi connectivity index (χ2v) is 5.64. The van der Waals surface area contributed by atoms with Crippen LogP contribution >= 0.6 is 0 Å². The Balaban J connectivity index is 2.10. The fourth-order valence-corrected chi connectivity index (χ4v) is 2.72. The van der Waals surface area contributed by atoms with Crippen LogP contribution in [0.1, 0.15) is 15.9 Å². The van der Waals surface area contributed by atoms with E-state index in [1.807, 2.05) is 61.5 Å². The summed E-state index contributed by atoms with van der Waals surface area (Å²) >= 11 is 0. The first-order valence-electron chi connectivity index (χ1n) is 7.93. The third kappa shape index (κ3) is 3.29. The molecule has 0 aliphatic carbocycles. The van der Waals surface area contributed by atoms with Crippen LogP contribution in [0.3, 0.4) is 0 Å². The van der Waals surface area contributed by atoms with Gasteiger partial charge in [-0.05, 0) is 24.6 Å². The second-order valence-electron chi connectivity index (χ2n) is 5.64. The van der Waals surface area contributed by atoms with Gasteiger partial charge in [-0.25, -0.2) is 4.98 Å². The van der Waals surface area contributed by atoms with Crippen LogP contribution < -0.4 is 5.32 Å². The molecule has 0 saturated carbocycles. The predicted molar refractivity (Wildman–Crippen MR) is 96.1 cm³/mol. The summed E-state index contributed by atoms with van der Waals surface area (Å²) < 4.78 is 5.00. The number of aromatic nitrogens is 1. The van der Waals surface area contributed by atoms with E-state index in [-0.39, 0.29) is 5.91 Å². The Morgan fingerprint density at radius 1 is 1.12 bits per heavy atom. The van der Waals surface area contributed by atoms with Crippen LogP contribution in [-0.4, -0.2) is 31.2 Å². The summed E-state index contributed by atoms with van der Waals surface area (Å²) in [6.07, 6.45) is 0. The van der Waals surface area contributed by atoms with Gasteiger partial charge in [0.1, 0.15) is 0 Å². The lowest BCUT2D eigenvalue weighted by atomic mass is 10.0. The molecule has 1 amide bonds. The van der Waals surface area contributed by atoms with Crippen molar-refractivity contribution in [2.75, 3.05) is 20.3 Å². The van der Waals surface area contributed by atoms with E-state index in [1.54, 1.807) is 7.11 Å². The average molecular weight is 320 g/mol. The third-order valence-corrected chi connectivity index (χ3v) is 3.97. The summed E-state index contributed by atoms with van der Waals surface area (Å²) in [5.74, 6) is -0.111. The molecule has 0 spiro atoms. The first-order chi connectivity index (χ1) is 11.7. The quantitative estimate of drug-likeness (QED) is 0.731. The van der Waals surface area contributed by atoms with Gasteiger partial charge in [0.25, 0.3) is 5.91 Å². The number of nitrogens with zero attached hydrogens (tertiary/aromatic N) is 1. The lowest BCUT2D eigenvalue weighted by Crippen LogP contribution is -2.27. The fourth-order valence-electron chi connectivity index (χ4n) is 2.72. The van der Waals surface area contributed by atoms with Crippen molar-refractivity contribution in [1.82, 2.24) is 10.3 Å². The van der Waals surface area contributed by atoms with Gasteiger partial charge in [-0.2, -0.15) is 0 Å². The van der Waals surface area contributed by atoms with Crippen LogP contribution in [0.5, 0.6) is 0 Å². The molecule has 1 N–H and O–H groups in total. The number of carbonyl (C=O) groups is 1. The molecule has 0 atom stereocenters. The van der Waals surface area contributed by atoms with Crippen LogP contribution in [-0.2, 0) is 4.74 Å². The molecule has 0 aliphatic rings. The highest BCUT2D eigenvalue weighted by Crippen LogP contribution is 2.26. The van der Waals surface area contributed by atoms with Gasteiger partial charge in [-0.1, -0.05) is 42.5 Å². The maximum absolute atomic E-state index is 12.6. The summed E-state index contributed by atoms with van der Waals surface area (Å²) in [5.41, 5.74) is 4.43. The van der Waals surface area contributed by atoms with Gasteiger partial charge in [0, 0.05) is 24.6 Å². The molecule has 2 aromatic carbocycles. The lowest BCUT2D eigenvalue weighted by Gasteiger charge is -2.11. The van der Waals surface area contributed by atoms with Crippen molar-refractivity contribution in [2.45, 2.75) is 6.92 Å². The van der Waals surface area contributed by atoms with E-state index in [4.69, 9.17) is 9.72 Å². The summed E-state index contributed by atoms with van der Waals surface area (Å²) in [6.45, 7) is 3.01. The highest BCUT2D eigenvalue weighted by Gasteiger charge is 2.14. The van der Waals surface area contributed by atoms with Crippen LogP contribution in [0, 0.1) is 6.92 Å². The number of aryl methyl sites for hydroxylation is 1. The highest BCUT2D eigenvalue weighted by atomic mass is 16.5. The molecular weight excluding hydrogens is 300 g/mol. The van der Waals surface area contributed by atoms with Gasteiger partial charge < -0.3 is 10.1 Å². The van der Waals surface area contributed by atoms with E-state index < -0.39 is 0 Å². The number of para-hydroxylation sites is 1. The lowest BCUT2D eigenvalue weighted by molar-refractivity contribution is 0.0938. The standard InChI is InChI=1S/C20H20N2O2/c1-14-7-3-4-8-15(14)19-13-17(20(23)21-11-12-24-2)16-9-5-6-10-18(16)22-19/h3-10,13H,11-12H2,1-2H3,(H,21,23). The number of hydrogen-bond donors (Lipinski definition) is 1. The monoisotopic (exact) mass is 320 g/mol. The van der Waals surface area contributed by atoms with E-state index in [2.05, 4.69) is 5.32 Å². The van der Waals surface area contributed by atoms with Crippen molar-refractivity contribution in [3.8, 4) is 11.3 Å². The van der Waals surface area contributed by atoms with E-state index in [0.29, 0.717) is 18.7 Å². The summed E-state index contributed by atoms with van der Waals surface area (Å²) in [4.78, 5) is 17.3. The molecule has 1 aromatic heterocycles. The van der Waals surface area contributed by atoms with Crippen molar-refractivity contribution >= 4 is 16.8 Å². The number of ether oxygens (including phenoxy) is 1. The van der Waals surface area contributed by atoms with Gasteiger partial charge in [-0.3, -0.25) is 4.79 Å². The molecule has 1 heterocycles. The van der Waals surface area contributed by atoms with Gasteiger partial charge in [-0.15, -0.1) is 0 Å². The van der Waals surface area contributed by atoms with E-state index in [1.165, 1.54) is 0 Å². The van der Waals surface area contributed by atoms with Crippen molar-refractivity contribution in [3.05, 3.63) is 65.7 Å². The minimum absolute atomic E-state index is 0.111. The molecular formula is C20H20N2O2. The highest BCUT2D eigenvalue weighted by molar-refractivity contribution is 6.07. The predicted octanol–water partition coefficient (Wildman–Crippen LogP) is 3.59. The van der Waals surface area contributed by atoms with Gasteiger partial charge in [0.15, 0.2) is 0 Å². The topological polar surface area (TPSA) is 51.2 Å². The Morgan fingerprint density at radius 2 is 1.88 bits per heavy atom. The number of methoxy groups -OCH3 is 1. The first-order valence-corrected chi connectivity index (χ1v) is 7.93. The Labute approximate surface area is 141 Å². The maximum Gasteiger partial charge on any atom is 0.252 e. The zero-order valence-electron chi connectivity index (χ0n) is 13.9. The van der Waals surface area contributed by atoms with Crippen molar-refractivity contribution in [1.29, 1.82) is 0 Å². The molecule has 0 saturated heterocycles. The molecule has 4 nitrogen and oxygen atoms in total. The van der Waals surface area contributed by atoms with E-state index in [9.17, 15) is 4.79 Å². The normalized spacial score (nSPS) is 10.8. The van der Waals surface area contributed by atoms with Crippen molar-refractivity contribution in [3.63, 3.8) is 0 Å². The molecule has 3 rings (SSSR count). The molecule has 0 radical (unpaired) electrons. The Hall–Kier alpha value is -2.72. The number of rotatable bonds is 5. The molecule has 4 heteroatoms. The molecule has 0 unspecified atom stereocenters. The first kappa shape index (κ1) is 16.1. The maximum atomic E-state index is 12.6. The summed E-state index contributed by atoms with van der Waals surface area (Å²) in [6, 6.07) is 17.6. The molecule has 0 fully saturated rings. The number of pyridine rings is 1. The van der Waals surface area contributed by atoms with Crippen LogP contribution in [0.2, 0.25) is 0 Å². The molecule has 3 aromatic rings. The Morgan fingerprint density at radius 3 is 2.67 bits per heavy atom. The Bertz CT molecular complexity index is 874. The number of hydrogen-bond acceptors (Lipinski definition) is 3. The molecule has 122 valence electrons. The third-order valence-electron chi connectivity index (χ3n) is 3.97. The van der Waals surface area contributed by atoms with E-state index >= 15 is 0 Å². The molecule has 24 heavy (non-hydrogen) atoms. The fraction of sp³-hybridized carbons (Fsp3) is 0.200. The molecule has 0 aliphatic heterocycles. The van der Waals surface area contributed by atoms with Crippen molar-refractivity contribution in [2.24, 2.45) is 0 Å². The minimum atomic E-state index is -0.111. The van der Waals surface area contributed by atoms with Crippen LogP contribution in [0.25, 0.3) is 22.2 Å². The van der Waals surface area contributed by atoms with Crippen LogP contribution in [0.4, 0.5) is 0 Å². The Kier molecular flexibility index (Phi) is 4.87. The minimum Gasteiger partial charge on any atom is -0.383 e. The van der Waals surface area contributed by atoms with Gasteiger partial charge in [0.2, 0.25) is 0 Å². The smallest absolute Gasteiger partial charge is 0.252 e. The number of amides is 1. The SMILES string of the molecule is COCCNC(=O)c1cc(-c2ccccc2C)nc2ccccc12. The zero-order chi connectivity index (χ0) is 16.9. The van der Waals surface area contributed by atoms with E-state index in [0.717, 1.165) is 27.7 Å². The number of fused-ring (bicyclic) bond motifs is 1. The number of nitrogens with one attached hydrogen (secondary N) is 1. The zero-order valence-corrected chi connectivity index (χ0v) is 13.9. The summed E-state index contributed by atoms with van der Waals surface area (Å²) in [7, 11) is 1.62. The van der Waals surface area contributed by atoms with Gasteiger partial charge >= 0.3 is 0 Å². The number of benzene rings is 2. The number of carbonyl (C=O) groups excluding carboxylic acids is 1. The van der Waals surface area contributed by atoms with Crippen molar-refractivity contribution < 1.29 is 9.53 Å². The average Bonchev–Trinajstić information content (AvgIpc) is 2.61. The second kappa shape index (κ2) is 7.23. The van der Waals surface area contributed by atoms with Crippen LogP contribution in [0.15, 0.2) is 54.6 Å². The summed E-state index contributed by atoms with van der Waals surface area (Å²) in [5, 5.41) is 3.75. The largest absolute Gasteiger partial charge is 0.383 e.